The van der Waals surface area contributed by atoms with E-state index in [1.54, 1.807) is 10.8 Å². The molecule has 0 bridgehead atoms. The Morgan fingerprint density at radius 1 is 1.31 bits per heavy atom. The fraction of sp³-hybridized carbons (Fsp3) is 0.375. The summed E-state index contributed by atoms with van der Waals surface area (Å²) in [6.45, 7) is 0. The van der Waals surface area contributed by atoms with E-state index in [2.05, 4.69) is 15.3 Å². The molecule has 0 radical (unpaired) electrons. The van der Waals surface area contributed by atoms with Crippen molar-refractivity contribution in [3.05, 3.63) is 22.6 Å². The SMILES string of the molecule is Clc1nn2cnnc2c2c1CCC2. The molecule has 0 amide bonds. The summed E-state index contributed by atoms with van der Waals surface area (Å²) in [7, 11) is 0. The second kappa shape index (κ2) is 2.42. The zero-order valence-corrected chi connectivity index (χ0v) is 7.62. The molecular weight excluding hydrogens is 188 g/mol. The fourth-order valence-corrected chi connectivity index (χ4v) is 2.16. The second-order valence-corrected chi connectivity index (χ2v) is 3.56. The van der Waals surface area contributed by atoms with Gasteiger partial charge in [-0.3, -0.25) is 0 Å². The summed E-state index contributed by atoms with van der Waals surface area (Å²) in [5.41, 5.74) is 3.23. The van der Waals surface area contributed by atoms with E-state index in [0.717, 1.165) is 30.5 Å². The third-order valence-corrected chi connectivity index (χ3v) is 2.77. The lowest BCUT2D eigenvalue weighted by Gasteiger charge is -2.01. The lowest BCUT2D eigenvalue weighted by molar-refractivity contribution is 0.906. The van der Waals surface area contributed by atoms with E-state index in [9.17, 15) is 0 Å². The molecule has 3 rings (SSSR count). The van der Waals surface area contributed by atoms with Gasteiger partial charge in [-0.2, -0.15) is 9.61 Å². The first-order valence-corrected chi connectivity index (χ1v) is 4.61. The average molecular weight is 195 g/mol. The van der Waals surface area contributed by atoms with Gasteiger partial charge >= 0.3 is 0 Å². The van der Waals surface area contributed by atoms with E-state index in [1.165, 1.54) is 5.56 Å². The highest BCUT2D eigenvalue weighted by Gasteiger charge is 2.19. The van der Waals surface area contributed by atoms with Crippen LogP contribution < -0.4 is 0 Å². The topological polar surface area (TPSA) is 43.1 Å². The minimum atomic E-state index is 0.597. The summed E-state index contributed by atoms with van der Waals surface area (Å²) >= 11 is 6.02. The molecule has 4 nitrogen and oxygen atoms in total. The molecule has 2 heterocycles. The van der Waals surface area contributed by atoms with Gasteiger partial charge in [-0.25, -0.2) is 0 Å². The number of aryl methyl sites for hydroxylation is 1. The highest BCUT2D eigenvalue weighted by molar-refractivity contribution is 6.30. The molecule has 0 unspecified atom stereocenters. The molecule has 5 heteroatoms. The van der Waals surface area contributed by atoms with Crippen LogP contribution in [0, 0.1) is 0 Å². The Kier molecular flexibility index (Phi) is 1.35. The molecule has 13 heavy (non-hydrogen) atoms. The molecule has 0 saturated heterocycles. The largest absolute Gasteiger partial charge is 0.199 e. The van der Waals surface area contributed by atoms with Crippen molar-refractivity contribution in [2.45, 2.75) is 19.3 Å². The van der Waals surface area contributed by atoms with Crippen molar-refractivity contribution >= 4 is 17.2 Å². The van der Waals surface area contributed by atoms with Gasteiger partial charge in [-0.05, 0) is 24.8 Å². The Hall–Kier alpha value is -1.16. The first kappa shape index (κ1) is 7.26. The zero-order valence-electron chi connectivity index (χ0n) is 6.87. The second-order valence-electron chi connectivity index (χ2n) is 3.20. The van der Waals surface area contributed by atoms with Gasteiger partial charge in [0, 0.05) is 5.56 Å². The van der Waals surface area contributed by atoms with Gasteiger partial charge in [0.05, 0.1) is 0 Å². The van der Waals surface area contributed by atoms with Crippen LogP contribution in [0.4, 0.5) is 0 Å². The number of hydrogen-bond donors (Lipinski definition) is 0. The Balaban J connectivity index is 2.48. The molecule has 1 aliphatic carbocycles. The van der Waals surface area contributed by atoms with Crippen molar-refractivity contribution in [1.29, 1.82) is 0 Å². The molecule has 66 valence electrons. The molecule has 0 aromatic carbocycles. The minimum absolute atomic E-state index is 0.597. The first-order chi connectivity index (χ1) is 6.36. The summed E-state index contributed by atoms with van der Waals surface area (Å²) < 4.78 is 1.65. The molecule has 1 aliphatic rings. The molecule has 0 N–H and O–H groups in total. The molecule has 0 saturated carbocycles. The summed E-state index contributed by atoms with van der Waals surface area (Å²) in [6, 6.07) is 0. The maximum atomic E-state index is 6.02. The van der Waals surface area contributed by atoms with Crippen LogP contribution in [0.2, 0.25) is 5.15 Å². The normalized spacial score (nSPS) is 15.2. The van der Waals surface area contributed by atoms with Crippen LogP contribution in [-0.4, -0.2) is 19.8 Å². The van der Waals surface area contributed by atoms with Crippen LogP contribution in [0.5, 0.6) is 0 Å². The van der Waals surface area contributed by atoms with Crippen molar-refractivity contribution < 1.29 is 0 Å². The van der Waals surface area contributed by atoms with Gasteiger partial charge in [0.15, 0.2) is 10.8 Å². The van der Waals surface area contributed by atoms with Crippen LogP contribution in [0.25, 0.3) is 5.65 Å². The van der Waals surface area contributed by atoms with Crippen molar-refractivity contribution in [1.82, 2.24) is 19.8 Å². The lowest BCUT2D eigenvalue weighted by Crippen LogP contribution is -1.98. The third-order valence-electron chi connectivity index (χ3n) is 2.46. The van der Waals surface area contributed by atoms with Crippen molar-refractivity contribution in [3.63, 3.8) is 0 Å². The van der Waals surface area contributed by atoms with Crippen LogP contribution in [0.15, 0.2) is 6.33 Å². The van der Waals surface area contributed by atoms with E-state index >= 15 is 0 Å². The first-order valence-electron chi connectivity index (χ1n) is 4.23. The Bertz CT molecular complexity index is 476. The standard InChI is InChI=1S/C8H7ClN4/c9-7-5-2-1-3-6(5)8-11-10-4-13(8)12-7/h4H,1-3H2. The fourth-order valence-electron chi connectivity index (χ4n) is 1.87. The van der Waals surface area contributed by atoms with Crippen LogP contribution in [-0.2, 0) is 12.8 Å². The molecule has 2 aromatic heterocycles. The van der Waals surface area contributed by atoms with Gasteiger partial charge in [0.1, 0.15) is 6.33 Å². The van der Waals surface area contributed by atoms with Gasteiger partial charge in [0.2, 0.25) is 0 Å². The van der Waals surface area contributed by atoms with E-state index in [-0.39, 0.29) is 0 Å². The van der Waals surface area contributed by atoms with Crippen LogP contribution >= 0.6 is 11.6 Å². The van der Waals surface area contributed by atoms with Crippen LogP contribution in [0.3, 0.4) is 0 Å². The number of aromatic nitrogens is 4. The maximum Gasteiger partial charge on any atom is 0.181 e. The number of halogens is 1. The Morgan fingerprint density at radius 3 is 3.08 bits per heavy atom. The number of fused-ring (bicyclic) bond motifs is 3. The van der Waals surface area contributed by atoms with Gasteiger partial charge in [-0.15, -0.1) is 10.2 Å². The smallest absolute Gasteiger partial charge is 0.181 e. The molecule has 0 fully saturated rings. The summed E-state index contributed by atoms with van der Waals surface area (Å²) in [5.74, 6) is 0. The highest BCUT2D eigenvalue weighted by atomic mass is 35.5. The average Bonchev–Trinajstić information content (AvgIpc) is 2.66. The molecular formula is C8H7ClN4. The van der Waals surface area contributed by atoms with Crippen molar-refractivity contribution in [2.75, 3.05) is 0 Å². The predicted octanol–water partition coefficient (Wildman–Crippen LogP) is 1.27. The lowest BCUT2D eigenvalue weighted by atomic mass is 10.2. The Morgan fingerprint density at radius 2 is 2.15 bits per heavy atom. The molecule has 0 aliphatic heterocycles. The van der Waals surface area contributed by atoms with Crippen molar-refractivity contribution in [2.24, 2.45) is 0 Å². The zero-order chi connectivity index (χ0) is 8.84. The van der Waals surface area contributed by atoms with E-state index in [1.807, 2.05) is 0 Å². The predicted molar refractivity (Wildman–Crippen MR) is 47.8 cm³/mol. The van der Waals surface area contributed by atoms with Gasteiger partial charge in [0.25, 0.3) is 0 Å². The van der Waals surface area contributed by atoms with Crippen LogP contribution in [0.1, 0.15) is 17.5 Å². The van der Waals surface area contributed by atoms with Gasteiger partial charge < -0.3 is 0 Å². The van der Waals surface area contributed by atoms with E-state index < -0.39 is 0 Å². The van der Waals surface area contributed by atoms with Gasteiger partial charge in [-0.1, -0.05) is 11.6 Å². The molecule has 2 aromatic rings. The summed E-state index contributed by atoms with van der Waals surface area (Å²) in [5, 5.41) is 12.6. The summed E-state index contributed by atoms with van der Waals surface area (Å²) in [6.07, 6.45) is 4.79. The quantitative estimate of drug-likeness (QED) is 0.634. The number of nitrogens with zero attached hydrogens (tertiary/aromatic N) is 4. The molecule has 0 spiro atoms. The third kappa shape index (κ3) is 0.891. The summed E-state index contributed by atoms with van der Waals surface area (Å²) in [4.78, 5) is 0. The monoisotopic (exact) mass is 194 g/mol. The number of hydrogen-bond acceptors (Lipinski definition) is 3. The van der Waals surface area contributed by atoms with E-state index in [4.69, 9.17) is 11.6 Å². The number of rotatable bonds is 0. The van der Waals surface area contributed by atoms with Crippen molar-refractivity contribution in [3.8, 4) is 0 Å². The maximum absolute atomic E-state index is 6.02. The highest BCUT2D eigenvalue weighted by Crippen LogP contribution is 2.29. The Labute approximate surface area is 79.5 Å². The van der Waals surface area contributed by atoms with E-state index in [0.29, 0.717) is 5.15 Å². The minimum Gasteiger partial charge on any atom is -0.199 e. The molecule has 0 atom stereocenters.